The second-order valence-electron chi connectivity index (χ2n) is 16.1. The largest absolute Gasteiger partial charge is 0.462 e. The van der Waals surface area contributed by atoms with Crippen LogP contribution in [-0.2, 0) is 28.6 Å². The molecule has 0 bridgehead atoms. The van der Waals surface area contributed by atoms with Gasteiger partial charge in [-0.2, -0.15) is 0 Å². The minimum atomic E-state index is -0.759. The van der Waals surface area contributed by atoms with Crippen LogP contribution in [0.1, 0.15) is 240 Å². The number of esters is 3. The zero-order valence-electron chi connectivity index (χ0n) is 34.7. The van der Waals surface area contributed by atoms with Gasteiger partial charge in [-0.15, -0.1) is 0 Å². The fourth-order valence-electron chi connectivity index (χ4n) is 6.54. The predicted molar refractivity (Wildman–Crippen MR) is 215 cm³/mol. The Morgan fingerprint density at radius 2 is 0.745 bits per heavy atom. The van der Waals surface area contributed by atoms with Crippen LogP contribution in [0.2, 0.25) is 0 Å². The highest BCUT2D eigenvalue weighted by Crippen LogP contribution is 2.17. The first-order valence-corrected chi connectivity index (χ1v) is 22.3. The molecule has 0 aromatic carbocycles. The van der Waals surface area contributed by atoms with Gasteiger partial charge in [-0.3, -0.25) is 14.4 Å². The number of carbonyl (C=O) groups is 3. The molecule has 0 N–H and O–H groups in total. The molecule has 0 heterocycles. The van der Waals surface area contributed by atoms with Gasteiger partial charge < -0.3 is 14.2 Å². The summed E-state index contributed by atoms with van der Waals surface area (Å²) >= 11 is 0. The topological polar surface area (TPSA) is 78.9 Å². The standard InChI is InChI=1S/C45H86O6/c1-6-8-9-10-18-27-32-37-45(48)51-42(39-50-44(47)36-31-26-22-17-16-20-24-29-34-41(5)7-2)38-49-43(46)35-30-25-21-15-13-11-12-14-19-23-28-33-40(3)4/h40-42H,6-39H2,1-5H3/t41?,42-/m0/s1. The van der Waals surface area contributed by atoms with Gasteiger partial charge in [-0.25, -0.2) is 0 Å². The van der Waals surface area contributed by atoms with Gasteiger partial charge in [-0.1, -0.05) is 202 Å². The fourth-order valence-corrected chi connectivity index (χ4v) is 6.54. The monoisotopic (exact) mass is 723 g/mol. The van der Waals surface area contributed by atoms with E-state index in [4.69, 9.17) is 14.2 Å². The fraction of sp³-hybridized carbons (Fsp3) is 0.933. The van der Waals surface area contributed by atoms with Crippen LogP contribution in [0.25, 0.3) is 0 Å². The van der Waals surface area contributed by atoms with Gasteiger partial charge in [0.25, 0.3) is 0 Å². The summed E-state index contributed by atoms with van der Waals surface area (Å²) < 4.78 is 16.6. The molecule has 0 spiro atoms. The molecule has 6 nitrogen and oxygen atoms in total. The van der Waals surface area contributed by atoms with Crippen LogP contribution in [-0.4, -0.2) is 37.2 Å². The van der Waals surface area contributed by atoms with E-state index in [0.717, 1.165) is 69.6 Å². The molecule has 1 unspecified atom stereocenters. The molecule has 0 radical (unpaired) electrons. The van der Waals surface area contributed by atoms with E-state index in [2.05, 4.69) is 34.6 Å². The summed E-state index contributed by atoms with van der Waals surface area (Å²) in [6.45, 7) is 11.3. The van der Waals surface area contributed by atoms with Gasteiger partial charge >= 0.3 is 17.9 Å². The maximum Gasteiger partial charge on any atom is 0.306 e. The number of hydrogen-bond acceptors (Lipinski definition) is 6. The summed E-state index contributed by atoms with van der Waals surface area (Å²) in [6, 6.07) is 0. The average Bonchev–Trinajstić information content (AvgIpc) is 3.11. The lowest BCUT2D eigenvalue weighted by molar-refractivity contribution is -0.167. The van der Waals surface area contributed by atoms with Crippen molar-refractivity contribution in [2.75, 3.05) is 13.2 Å². The van der Waals surface area contributed by atoms with Gasteiger partial charge in [0.15, 0.2) is 6.10 Å². The van der Waals surface area contributed by atoms with Crippen LogP contribution in [0.4, 0.5) is 0 Å². The summed E-state index contributed by atoms with van der Waals surface area (Å²) in [5.41, 5.74) is 0. The first-order chi connectivity index (χ1) is 24.8. The zero-order chi connectivity index (χ0) is 37.6. The van der Waals surface area contributed by atoms with Crippen molar-refractivity contribution in [1.29, 1.82) is 0 Å². The Labute approximate surface area is 317 Å². The minimum absolute atomic E-state index is 0.0658. The number of ether oxygens (including phenoxy) is 3. The van der Waals surface area contributed by atoms with Crippen molar-refractivity contribution < 1.29 is 28.6 Å². The summed E-state index contributed by atoms with van der Waals surface area (Å²) in [5.74, 6) is 0.808. The van der Waals surface area contributed by atoms with E-state index >= 15 is 0 Å². The van der Waals surface area contributed by atoms with E-state index in [1.807, 2.05) is 0 Å². The molecule has 2 atom stereocenters. The molecule has 0 aromatic heterocycles. The number of hydrogen-bond donors (Lipinski definition) is 0. The summed E-state index contributed by atoms with van der Waals surface area (Å²) in [5, 5.41) is 0. The SMILES string of the molecule is CCCCCCCCCC(=O)O[C@@H](COC(=O)CCCCCCCCCCCCCC(C)C)COC(=O)CCCCCCCCCCC(C)CC. The van der Waals surface area contributed by atoms with E-state index in [-0.39, 0.29) is 31.1 Å². The Kier molecular flexibility index (Phi) is 37.0. The molecule has 6 heteroatoms. The van der Waals surface area contributed by atoms with Crippen LogP contribution >= 0.6 is 0 Å². The molecule has 0 aliphatic carbocycles. The van der Waals surface area contributed by atoms with Crippen molar-refractivity contribution in [2.45, 2.75) is 246 Å². The smallest absolute Gasteiger partial charge is 0.306 e. The van der Waals surface area contributed by atoms with Crippen molar-refractivity contribution >= 4 is 17.9 Å². The van der Waals surface area contributed by atoms with E-state index < -0.39 is 6.10 Å². The molecule has 0 aliphatic heterocycles. The number of unbranched alkanes of at least 4 members (excludes halogenated alkanes) is 23. The van der Waals surface area contributed by atoms with Gasteiger partial charge in [0.05, 0.1) is 0 Å². The van der Waals surface area contributed by atoms with E-state index in [1.165, 1.54) is 128 Å². The second kappa shape index (κ2) is 38.1. The lowest BCUT2D eigenvalue weighted by Crippen LogP contribution is -2.30. The summed E-state index contributed by atoms with van der Waals surface area (Å²) in [7, 11) is 0. The van der Waals surface area contributed by atoms with E-state index in [0.29, 0.717) is 19.3 Å². The quantitative estimate of drug-likeness (QED) is 0.0357. The van der Waals surface area contributed by atoms with Gasteiger partial charge in [0.2, 0.25) is 0 Å². The lowest BCUT2D eigenvalue weighted by Gasteiger charge is -2.18. The second-order valence-corrected chi connectivity index (χ2v) is 16.1. The van der Waals surface area contributed by atoms with Crippen LogP contribution < -0.4 is 0 Å². The number of rotatable bonds is 39. The van der Waals surface area contributed by atoms with E-state index in [1.54, 1.807) is 0 Å². The van der Waals surface area contributed by atoms with Crippen molar-refractivity contribution in [3.63, 3.8) is 0 Å². The molecular formula is C45H86O6. The molecule has 0 fully saturated rings. The van der Waals surface area contributed by atoms with Crippen molar-refractivity contribution in [2.24, 2.45) is 11.8 Å². The Balaban J connectivity index is 4.26. The van der Waals surface area contributed by atoms with Crippen LogP contribution in [0, 0.1) is 11.8 Å². The normalized spacial score (nSPS) is 12.6. The van der Waals surface area contributed by atoms with Gasteiger partial charge in [0, 0.05) is 19.3 Å². The highest BCUT2D eigenvalue weighted by molar-refractivity contribution is 5.71. The van der Waals surface area contributed by atoms with Crippen LogP contribution in [0.3, 0.4) is 0 Å². The lowest BCUT2D eigenvalue weighted by atomic mass is 9.99. The number of carbonyl (C=O) groups excluding carboxylic acids is 3. The summed E-state index contributed by atoms with van der Waals surface area (Å²) in [4.78, 5) is 37.5. The maximum absolute atomic E-state index is 12.6. The molecular weight excluding hydrogens is 636 g/mol. The third-order valence-electron chi connectivity index (χ3n) is 10.3. The van der Waals surface area contributed by atoms with E-state index in [9.17, 15) is 14.4 Å². The Morgan fingerprint density at radius 3 is 1.12 bits per heavy atom. The highest BCUT2D eigenvalue weighted by atomic mass is 16.6. The molecule has 0 aromatic rings. The third kappa shape index (κ3) is 38.0. The average molecular weight is 723 g/mol. The molecule has 0 saturated carbocycles. The third-order valence-corrected chi connectivity index (χ3v) is 10.3. The van der Waals surface area contributed by atoms with Crippen molar-refractivity contribution in [3.05, 3.63) is 0 Å². The predicted octanol–water partition coefficient (Wildman–Crippen LogP) is 13.8. The Morgan fingerprint density at radius 1 is 0.412 bits per heavy atom. The molecule has 302 valence electrons. The van der Waals surface area contributed by atoms with Crippen LogP contribution in [0.5, 0.6) is 0 Å². The highest BCUT2D eigenvalue weighted by Gasteiger charge is 2.19. The van der Waals surface area contributed by atoms with Gasteiger partial charge in [-0.05, 0) is 31.1 Å². The van der Waals surface area contributed by atoms with Crippen LogP contribution in [0.15, 0.2) is 0 Å². The van der Waals surface area contributed by atoms with Gasteiger partial charge in [0.1, 0.15) is 13.2 Å². The molecule has 0 amide bonds. The molecule has 0 saturated heterocycles. The molecule has 0 rings (SSSR count). The molecule has 51 heavy (non-hydrogen) atoms. The minimum Gasteiger partial charge on any atom is -0.462 e. The summed E-state index contributed by atoms with van der Waals surface area (Å²) in [6.07, 6.45) is 35.2. The van der Waals surface area contributed by atoms with Crippen molar-refractivity contribution in [3.8, 4) is 0 Å². The maximum atomic E-state index is 12.6. The Hall–Kier alpha value is -1.59. The Bertz CT molecular complexity index is 781. The molecule has 0 aliphatic rings. The zero-order valence-corrected chi connectivity index (χ0v) is 34.7. The first kappa shape index (κ1) is 49.4. The first-order valence-electron chi connectivity index (χ1n) is 22.3. The van der Waals surface area contributed by atoms with Crippen molar-refractivity contribution in [1.82, 2.24) is 0 Å².